The van der Waals surface area contributed by atoms with Crippen molar-refractivity contribution in [1.29, 1.82) is 0 Å². The lowest BCUT2D eigenvalue weighted by Crippen LogP contribution is -2.39. The minimum absolute atomic E-state index is 0.114. The van der Waals surface area contributed by atoms with Crippen molar-refractivity contribution in [3.05, 3.63) is 52.4 Å². The Morgan fingerprint density at radius 2 is 1.91 bits per heavy atom. The van der Waals surface area contributed by atoms with Crippen molar-refractivity contribution in [2.24, 2.45) is 0 Å². The standard InChI is InChI=1S/C15H15F2N3O3/c1-7-12(8(2)23-20-7)14(21)19-13(15(22)18-3)9-4-5-10(16)11(17)6-9/h4-6,13H,1-3H3,(H,18,22)(H,19,21). The first-order valence-electron chi connectivity index (χ1n) is 6.75. The van der Waals surface area contributed by atoms with Gasteiger partial charge in [-0.25, -0.2) is 8.78 Å². The third-order valence-corrected chi connectivity index (χ3v) is 3.32. The molecule has 2 aromatic rings. The highest BCUT2D eigenvalue weighted by atomic mass is 19.2. The van der Waals surface area contributed by atoms with Gasteiger partial charge < -0.3 is 15.2 Å². The number of amides is 2. The Morgan fingerprint density at radius 1 is 1.22 bits per heavy atom. The molecule has 0 aliphatic rings. The first-order valence-corrected chi connectivity index (χ1v) is 6.75. The fourth-order valence-electron chi connectivity index (χ4n) is 2.15. The summed E-state index contributed by atoms with van der Waals surface area (Å²) in [6, 6.07) is 1.80. The number of rotatable bonds is 4. The number of carbonyl (C=O) groups is 2. The molecule has 23 heavy (non-hydrogen) atoms. The van der Waals surface area contributed by atoms with Crippen LogP contribution >= 0.6 is 0 Å². The fraction of sp³-hybridized carbons (Fsp3) is 0.267. The van der Waals surface area contributed by atoms with E-state index in [1.165, 1.54) is 13.1 Å². The minimum Gasteiger partial charge on any atom is -0.361 e. The second kappa shape index (κ2) is 6.55. The maximum atomic E-state index is 13.4. The average molecular weight is 323 g/mol. The highest BCUT2D eigenvalue weighted by Crippen LogP contribution is 2.19. The number of aromatic nitrogens is 1. The van der Waals surface area contributed by atoms with E-state index < -0.39 is 29.5 Å². The molecule has 1 heterocycles. The smallest absolute Gasteiger partial charge is 0.257 e. The maximum Gasteiger partial charge on any atom is 0.257 e. The van der Waals surface area contributed by atoms with Crippen molar-refractivity contribution in [2.75, 3.05) is 7.05 Å². The van der Waals surface area contributed by atoms with E-state index in [4.69, 9.17) is 4.52 Å². The maximum absolute atomic E-state index is 13.4. The summed E-state index contributed by atoms with van der Waals surface area (Å²) in [4.78, 5) is 24.3. The highest BCUT2D eigenvalue weighted by molar-refractivity contribution is 5.99. The average Bonchev–Trinajstić information content (AvgIpc) is 2.86. The summed E-state index contributed by atoms with van der Waals surface area (Å²) in [5.74, 6) is -3.03. The van der Waals surface area contributed by atoms with Gasteiger partial charge in [-0.05, 0) is 31.5 Å². The lowest BCUT2D eigenvalue weighted by Gasteiger charge is -2.18. The Morgan fingerprint density at radius 3 is 2.43 bits per heavy atom. The van der Waals surface area contributed by atoms with Gasteiger partial charge in [0, 0.05) is 7.05 Å². The number of hydrogen-bond acceptors (Lipinski definition) is 4. The van der Waals surface area contributed by atoms with E-state index in [0.717, 1.165) is 12.1 Å². The van der Waals surface area contributed by atoms with Gasteiger partial charge in [0.25, 0.3) is 5.91 Å². The van der Waals surface area contributed by atoms with E-state index >= 15 is 0 Å². The normalized spacial score (nSPS) is 11.9. The topological polar surface area (TPSA) is 84.2 Å². The van der Waals surface area contributed by atoms with Crippen LogP contribution in [0.1, 0.15) is 33.4 Å². The number of halogens is 2. The third-order valence-electron chi connectivity index (χ3n) is 3.32. The number of aryl methyl sites for hydroxylation is 2. The number of hydrogen-bond donors (Lipinski definition) is 2. The van der Waals surface area contributed by atoms with E-state index in [1.54, 1.807) is 13.8 Å². The fourth-order valence-corrected chi connectivity index (χ4v) is 2.15. The minimum atomic E-state index is -1.18. The molecule has 0 aliphatic heterocycles. The Labute approximate surface area is 130 Å². The summed E-state index contributed by atoms with van der Waals surface area (Å²) >= 11 is 0. The van der Waals surface area contributed by atoms with E-state index in [1.807, 2.05) is 0 Å². The molecular weight excluding hydrogens is 308 g/mol. The predicted octanol–water partition coefficient (Wildman–Crippen LogP) is 1.79. The molecule has 8 heteroatoms. The molecule has 0 saturated carbocycles. The van der Waals surface area contributed by atoms with Gasteiger partial charge in [-0.1, -0.05) is 11.2 Å². The third kappa shape index (κ3) is 3.36. The molecule has 1 aromatic heterocycles. The molecule has 1 aromatic carbocycles. The van der Waals surface area contributed by atoms with Crippen LogP contribution in [0.2, 0.25) is 0 Å². The van der Waals surface area contributed by atoms with Gasteiger partial charge in [0.2, 0.25) is 5.91 Å². The molecule has 2 rings (SSSR count). The zero-order valence-corrected chi connectivity index (χ0v) is 12.7. The van der Waals surface area contributed by atoms with Gasteiger partial charge in [-0.3, -0.25) is 9.59 Å². The first kappa shape index (κ1) is 16.6. The second-order valence-corrected chi connectivity index (χ2v) is 4.89. The molecule has 0 fully saturated rings. The summed E-state index contributed by atoms with van der Waals surface area (Å²) in [5.41, 5.74) is 0.672. The lowest BCUT2D eigenvalue weighted by molar-refractivity contribution is -0.122. The zero-order chi connectivity index (χ0) is 17.1. The van der Waals surface area contributed by atoms with Crippen LogP contribution in [0.5, 0.6) is 0 Å². The van der Waals surface area contributed by atoms with Crippen molar-refractivity contribution in [2.45, 2.75) is 19.9 Å². The zero-order valence-electron chi connectivity index (χ0n) is 12.7. The quantitative estimate of drug-likeness (QED) is 0.898. The van der Waals surface area contributed by atoms with Gasteiger partial charge in [0.15, 0.2) is 11.6 Å². The summed E-state index contributed by atoms with van der Waals surface area (Å²) in [5, 5.41) is 8.51. The van der Waals surface area contributed by atoms with E-state index in [9.17, 15) is 18.4 Å². The van der Waals surface area contributed by atoms with Crippen LogP contribution in [0.3, 0.4) is 0 Å². The van der Waals surface area contributed by atoms with Gasteiger partial charge in [0.05, 0.1) is 5.69 Å². The van der Waals surface area contributed by atoms with Gasteiger partial charge >= 0.3 is 0 Å². The SMILES string of the molecule is CNC(=O)C(NC(=O)c1c(C)noc1C)c1ccc(F)c(F)c1. The molecule has 1 unspecified atom stereocenters. The number of nitrogens with zero attached hydrogens (tertiary/aromatic N) is 1. The molecule has 0 radical (unpaired) electrons. The molecule has 2 N–H and O–H groups in total. The Hall–Kier alpha value is -2.77. The monoisotopic (exact) mass is 323 g/mol. The summed E-state index contributed by atoms with van der Waals surface area (Å²) in [6.45, 7) is 3.14. The lowest BCUT2D eigenvalue weighted by atomic mass is 10.0. The number of benzene rings is 1. The van der Waals surface area contributed by atoms with Crippen LogP contribution in [0.25, 0.3) is 0 Å². The molecule has 0 bridgehead atoms. The summed E-state index contributed by atoms with van der Waals surface area (Å²) in [6.07, 6.45) is 0. The van der Waals surface area contributed by atoms with Crippen molar-refractivity contribution in [1.82, 2.24) is 15.8 Å². The van der Waals surface area contributed by atoms with Crippen LogP contribution in [-0.2, 0) is 4.79 Å². The van der Waals surface area contributed by atoms with E-state index in [0.29, 0.717) is 11.5 Å². The Balaban J connectivity index is 2.34. The largest absolute Gasteiger partial charge is 0.361 e. The van der Waals surface area contributed by atoms with Crippen LogP contribution < -0.4 is 10.6 Å². The van der Waals surface area contributed by atoms with E-state index in [2.05, 4.69) is 15.8 Å². The second-order valence-electron chi connectivity index (χ2n) is 4.89. The van der Waals surface area contributed by atoms with Gasteiger partial charge in [-0.15, -0.1) is 0 Å². The van der Waals surface area contributed by atoms with Crippen molar-refractivity contribution >= 4 is 11.8 Å². The molecule has 1 atom stereocenters. The highest BCUT2D eigenvalue weighted by Gasteiger charge is 2.26. The van der Waals surface area contributed by atoms with Crippen molar-refractivity contribution in [3.8, 4) is 0 Å². The molecule has 0 saturated heterocycles. The number of carbonyl (C=O) groups excluding carboxylic acids is 2. The summed E-state index contributed by atoms with van der Waals surface area (Å²) < 4.78 is 31.4. The first-order chi connectivity index (χ1) is 10.8. The van der Waals surface area contributed by atoms with Crippen molar-refractivity contribution in [3.63, 3.8) is 0 Å². The predicted molar refractivity (Wildman–Crippen MR) is 76.6 cm³/mol. The molecule has 2 amide bonds. The van der Waals surface area contributed by atoms with Crippen LogP contribution in [0, 0.1) is 25.5 Å². The van der Waals surface area contributed by atoms with Crippen LogP contribution in [0.15, 0.2) is 22.7 Å². The molecule has 0 aliphatic carbocycles. The van der Waals surface area contributed by atoms with Crippen LogP contribution in [0.4, 0.5) is 8.78 Å². The van der Waals surface area contributed by atoms with E-state index in [-0.39, 0.29) is 11.1 Å². The van der Waals surface area contributed by atoms with Gasteiger partial charge in [-0.2, -0.15) is 0 Å². The Bertz CT molecular complexity index is 739. The number of nitrogens with one attached hydrogen (secondary N) is 2. The van der Waals surface area contributed by atoms with Crippen molar-refractivity contribution < 1.29 is 22.9 Å². The molecular formula is C15H15F2N3O3. The summed E-state index contributed by atoms with van der Waals surface area (Å²) in [7, 11) is 1.37. The number of likely N-dealkylation sites (N-methyl/N-ethyl adjacent to an activating group) is 1. The van der Waals surface area contributed by atoms with Crippen LogP contribution in [-0.4, -0.2) is 24.0 Å². The molecule has 0 spiro atoms. The van der Waals surface area contributed by atoms with Gasteiger partial charge in [0.1, 0.15) is 17.4 Å². The molecule has 122 valence electrons. The molecule has 6 nitrogen and oxygen atoms in total. The Kier molecular flexibility index (Phi) is 4.73.